The van der Waals surface area contributed by atoms with Crippen LogP contribution in [0.25, 0.3) is 0 Å². The van der Waals surface area contributed by atoms with Gasteiger partial charge in [0.2, 0.25) is 5.91 Å². The van der Waals surface area contributed by atoms with E-state index in [0.29, 0.717) is 4.90 Å². The van der Waals surface area contributed by atoms with Crippen LogP contribution >= 0.6 is 11.8 Å². The molecule has 1 aromatic rings. The summed E-state index contributed by atoms with van der Waals surface area (Å²) in [6.45, 7) is 3.98. The van der Waals surface area contributed by atoms with Crippen LogP contribution in [0, 0.1) is 15.5 Å². The predicted molar refractivity (Wildman–Crippen MR) is 85.9 cm³/mol. The second kappa shape index (κ2) is 7.87. The molecule has 9 heteroatoms. The predicted octanol–water partition coefficient (Wildman–Crippen LogP) is 4.12. The zero-order valence-corrected chi connectivity index (χ0v) is 14.4. The first-order valence-electron chi connectivity index (χ1n) is 7.09. The zero-order chi connectivity index (χ0) is 18.5. The van der Waals surface area contributed by atoms with Crippen molar-refractivity contribution in [3.8, 4) is 0 Å². The second-order valence-electron chi connectivity index (χ2n) is 6.47. The van der Waals surface area contributed by atoms with Gasteiger partial charge in [0.1, 0.15) is 6.54 Å². The fraction of sp³-hybridized carbons (Fsp3) is 0.533. The van der Waals surface area contributed by atoms with Crippen molar-refractivity contribution < 1.29 is 22.9 Å². The van der Waals surface area contributed by atoms with Crippen LogP contribution < -0.4 is 0 Å². The Morgan fingerprint density at radius 1 is 1.17 bits per heavy atom. The molecule has 0 spiro atoms. The van der Waals surface area contributed by atoms with E-state index in [-0.39, 0.29) is 18.0 Å². The summed E-state index contributed by atoms with van der Waals surface area (Å²) in [5.74, 6) is -0.783. The third-order valence-corrected chi connectivity index (χ3v) is 3.79. The fourth-order valence-corrected chi connectivity index (χ4v) is 2.72. The van der Waals surface area contributed by atoms with E-state index < -0.39 is 29.0 Å². The molecule has 0 aliphatic heterocycles. The molecule has 0 aliphatic carbocycles. The van der Waals surface area contributed by atoms with Gasteiger partial charge in [0, 0.05) is 23.6 Å². The number of thioether (sulfide) groups is 1. The van der Waals surface area contributed by atoms with Crippen molar-refractivity contribution in [2.75, 3.05) is 18.8 Å². The summed E-state index contributed by atoms with van der Waals surface area (Å²) >= 11 is 1.05. The van der Waals surface area contributed by atoms with Crippen LogP contribution in [0.4, 0.5) is 18.9 Å². The van der Waals surface area contributed by atoms with Gasteiger partial charge in [-0.3, -0.25) is 14.9 Å². The second-order valence-corrected chi connectivity index (χ2v) is 7.51. The highest BCUT2D eigenvalue weighted by molar-refractivity contribution is 8.00. The van der Waals surface area contributed by atoms with Crippen molar-refractivity contribution in [3.63, 3.8) is 0 Å². The molecule has 0 aliphatic rings. The Bertz CT molecular complexity index is 567. The molecular formula is C15H19F3N2O3S. The number of carbonyl (C=O) groups is 1. The number of alkyl halides is 3. The lowest BCUT2D eigenvalue weighted by molar-refractivity contribution is -0.384. The van der Waals surface area contributed by atoms with E-state index in [2.05, 4.69) is 0 Å². The van der Waals surface area contributed by atoms with Gasteiger partial charge in [-0.1, -0.05) is 20.8 Å². The SMILES string of the molecule is CC(C)(C)CN(CC(F)(F)F)C(=O)CSc1ccc([N+](=O)[O-])cc1. The molecule has 0 aromatic heterocycles. The molecule has 0 bridgehead atoms. The minimum atomic E-state index is -4.46. The van der Waals surface area contributed by atoms with Gasteiger partial charge < -0.3 is 4.90 Å². The number of rotatable bonds is 6. The van der Waals surface area contributed by atoms with Crippen LogP contribution in [0.2, 0.25) is 0 Å². The van der Waals surface area contributed by atoms with Gasteiger partial charge >= 0.3 is 6.18 Å². The normalized spacial score (nSPS) is 12.1. The first-order chi connectivity index (χ1) is 10.9. The molecule has 1 amide bonds. The number of halogens is 3. The smallest absolute Gasteiger partial charge is 0.332 e. The van der Waals surface area contributed by atoms with Gasteiger partial charge in [-0.25, -0.2) is 0 Å². The van der Waals surface area contributed by atoms with E-state index in [4.69, 9.17) is 0 Å². The Hall–Kier alpha value is -1.77. The summed E-state index contributed by atoms with van der Waals surface area (Å²) in [4.78, 5) is 23.5. The highest BCUT2D eigenvalue weighted by Crippen LogP contribution is 2.25. The number of non-ortho nitro benzene ring substituents is 1. The minimum Gasteiger partial charge on any atom is -0.332 e. The van der Waals surface area contributed by atoms with Crippen LogP contribution in [0.15, 0.2) is 29.2 Å². The topological polar surface area (TPSA) is 63.5 Å². The van der Waals surface area contributed by atoms with E-state index in [0.717, 1.165) is 16.7 Å². The highest BCUT2D eigenvalue weighted by atomic mass is 32.2. The first-order valence-corrected chi connectivity index (χ1v) is 8.08. The Labute approximate surface area is 142 Å². The van der Waals surface area contributed by atoms with Crippen molar-refractivity contribution in [3.05, 3.63) is 34.4 Å². The summed E-state index contributed by atoms with van der Waals surface area (Å²) < 4.78 is 38.0. The van der Waals surface area contributed by atoms with Crippen LogP contribution in [0.1, 0.15) is 20.8 Å². The number of hydrogen-bond donors (Lipinski definition) is 0. The first kappa shape index (κ1) is 20.3. The van der Waals surface area contributed by atoms with Gasteiger partial charge in [0.05, 0.1) is 10.7 Å². The van der Waals surface area contributed by atoms with Gasteiger partial charge in [0.25, 0.3) is 5.69 Å². The molecular weight excluding hydrogens is 345 g/mol. The number of carbonyl (C=O) groups excluding carboxylic acids is 1. The monoisotopic (exact) mass is 364 g/mol. The van der Waals surface area contributed by atoms with E-state index in [1.54, 1.807) is 20.8 Å². The maximum Gasteiger partial charge on any atom is 0.406 e. The molecule has 0 N–H and O–H groups in total. The maximum absolute atomic E-state index is 12.7. The summed E-state index contributed by atoms with van der Waals surface area (Å²) in [5, 5.41) is 10.6. The Kier molecular flexibility index (Phi) is 6.65. The number of benzene rings is 1. The number of nitro groups is 1. The Balaban J connectivity index is 2.71. The lowest BCUT2D eigenvalue weighted by Gasteiger charge is -2.30. The maximum atomic E-state index is 12.7. The van der Waals surface area contributed by atoms with Crippen LogP contribution in [-0.4, -0.2) is 40.7 Å². The van der Waals surface area contributed by atoms with E-state index in [1.165, 1.54) is 24.3 Å². The average molecular weight is 364 g/mol. The summed E-state index contributed by atoms with van der Waals surface area (Å²) in [5.41, 5.74) is -0.545. The lowest BCUT2D eigenvalue weighted by atomic mass is 9.96. The summed E-state index contributed by atoms with van der Waals surface area (Å²) in [6, 6.07) is 5.51. The molecule has 0 fully saturated rings. The van der Waals surface area contributed by atoms with Gasteiger partial charge in [-0.15, -0.1) is 11.8 Å². The molecule has 134 valence electrons. The van der Waals surface area contributed by atoms with Gasteiger partial charge in [-0.2, -0.15) is 13.2 Å². The lowest BCUT2D eigenvalue weighted by Crippen LogP contribution is -2.44. The molecule has 1 aromatic carbocycles. The van der Waals surface area contributed by atoms with Crippen molar-refractivity contribution in [2.45, 2.75) is 31.8 Å². The third-order valence-electron chi connectivity index (χ3n) is 2.80. The Morgan fingerprint density at radius 2 is 1.71 bits per heavy atom. The van der Waals surface area contributed by atoms with Crippen molar-refractivity contribution in [1.29, 1.82) is 0 Å². The molecule has 24 heavy (non-hydrogen) atoms. The summed E-state index contributed by atoms with van der Waals surface area (Å²) in [6.07, 6.45) is -4.46. The fourth-order valence-electron chi connectivity index (χ4n) is 1.92. The van der Waals surface area contributed by atoms with Crippen LogP contribution in [0.3, 0.4) is 0 Å². The molecule has 0 saturated heterocycles. The quantitative estimate of drug-likeness (QED) is 0.433. The molecule has 0 unspecified atom stereocenters. The Morgan fingerprint density at radius 3 is 2.12 bits per heavy atom. The molecule has 0 saturated carbocycles. The zero-order valence-electron chi connectivity index (χ0n) is 13.6. The van der Waals surface area contributed by atoms with Crippen molar-refractivity contribution >= 4 is 23.4 Å². The standard InChI is InChI=1S/C15H19F3N2O3S/c1-14(2,3)9-19(10-15(16,17)18)13(21)8-24-12-6-4-11(5-7-12)20(22)23/h4-7H,8-10H2,1-3H3. The summed E-state index contributed by atoms with van der Waals surface area (Å²) in [7, 11) is 0. The van der Waals surface area contributed by atoms with Crippen molar-refractivity contribution in [2.24, 2.45) is 5.41 Å². The third kappa shape index (κ3) is 7.67. The highest BCUT2D eigenvalue weighted by Gasteiger charge is 2.34. The number of hydrogen-bond acceptors (Lipinski definition) is 4. The average Bonchev–Trinajstić information content (AvgIpc) is 2.41. The molecule has 0 atom stereocenters. The number of nitro benzene ring substituents is 1. The van der Waals surface area contributed by atoms with Gasteiger partial charge in [-0.05, 0) is 17.5 Å². The number of nitrogens with zero attached hydrogens (tertiary/aromatic N) is 2. The van der Waals surface area contributed by atoms with E-state index in [9.17, 15) is 28.1 Å². The largest absolute Gasteiger partial charge is 0.406 e. The molecule has 0 heterocycles. The van der Waals surface area contributed by atoms with Crippen molar-refractivity contribution in [1.82, 2.24) is 4.90 Å². The molecule has 0 radical (unpaired) electrons. The number of amides is 1. The van der Waals surface area contributed by atoms with E-state index in [1.807, 2.05) is 0 Å². The van der Waals surface area contributed by atoms with Gasteiger partial charge in [0.15, 0.2) is 0 Å². The molecule has 1 rings (SSSR count). The van der Waals surface area contributed by atoms with E-state index >= 15 is 0 Å². The molecule has 5 nitrogen and oxygen atoms in total. The van der Waals surface area contributed by atoms with Crippen LogP contribution in [-0.2, 0) is 4.79 Å². The van der Waals surface area contributed by atoms with Crippen LogP contribution in [0.5, 0.6) is 0 Å². The minimum absolute atomic E-state index is 0.00777.